The van der Waals surface area contributed by atoms with Crippen LogP contribution in [0.5, 0.6) is 0 Å². The Labute approximate surface area is 154 Å². The second-order valence-electron chi connectivity index (χ2n) is 7.81. The molecule has 2 aromatic rings. The molecule has 1 spiro atoms. The zero-order valence-corrected chi connectivity index (χ0v) is 15.0. The highest BCUT2D eigenvalue weighted by Crippen LogP contribution is 2.58. The van der Waals surface area contributed by atoms with Crippen LogP contribution in [0.25, 0.3) is 11.2 Å². The largest absolute Gasteiger partial charge is 0.393 e. The fourth-order valence-electron chi connectivity index (χ4n) is 4.79. The van der Waals surface area contributed by atoms with Gasteiger partial charge in [-0.1, -0.05) is 0 Å². The van der Waals surface area contributed by atoms with Gasteiger partial charge in [-0.2, -0.15) is 0 Å². The number of imidazole rings is 1. The summed E-state index contributed by atoms with van der Waals surface area (Å²) in [5.74, 6) is -0.519. The van der Waals surface area contributed by atoms with Crippen molar-refractivity contribution in [1.82, 2.24) is 19.5 Å². The van der Waals surface area contributed by atoms with Gasteiger partial charge in [0.2, 0.25) is 0 Å². The molecule has 9 nitrogen and oxygen atoms in total. The lowest BCUT2D eigenvalue weighted by Gasteiger charge is -2.32. The summed E-state index contributed by atoms with van der Waals surface area (Å²) in [6.07, 6.45) is 4.74. The molecule has 0 radical (unpaired) electrons. The maximum absolute atomic E-state index is 14.1. The van der Waals surface area contributed by atoms with Crippen molar-refractivity contribution in [3.63, 3.8) is 0 Å². The number of fused-ring (bicyclic) bond motifs is 2. The van der Waals surface area contributed by atoms with Gasteiger partial charge in [0, 0.05) is 12.8 Å². The summed E-state index contributed by atoms with van der Waals surface area (Å²) in [7, 11) is 0. The van der Waals surface area contributed by atoms with E-state index in [1.807, 2.05) is 6.92 Å². The van der Waals surface area contributed by atoms with Crippen molar-refractivity contribution >= 4 is 17.0 Å². The molecule has 0 aromatic carbocycles. The molecule has 2 saturated heterocycles. The monoisotopic (exact) mass is 379 g/mol. The Kier molecular flexibility index (Phi) is 3.55. The predicted octanol–water partition coefficient (Wildman–Crippen LogP) is 1.08. The first-order valence-corrected chi connectivity index (χ1v) is 9.13. The van der Waals surface area contributed by atoms with Gasteiger partial charge in [-0.05, 0) is 19.8 Å². The number of rotatable bonds is 3. The minimum absolute atomic E-state index is 0.244. The molecule has 146 valence electrons. The summed E-state index contributed by atoms with van der Waals surface area (Å²) in [6, 6.07) is 0. The Hall–Kier alpha value is -1.88. The van der Waals surface area contributed by atoms with Crippen molar-refractivity contribution in [3.8, 4) is 0 Å². The molecule has 0 unspecified atom stereocenters. The zero-order chi connectivity index (χ0) is 18.9. The van der Waals surface area contributed by atoms with Crippen LogP contribution in [-0.2, 0) is 14.2 Å². The van der Waals surface area contributed by atoms with Gasteiger partial charge < -0.3 is 25.1 Å². The third kappa shape index (κ3) is 2.15. The Morgan fingerprint density at radius 2 is 2.07 bits per heavy atom. The number of nitrogens with two attached hydrogens (primary N) is 1. The summed E-state index contributed by atoms with van der Waals surface area (Å²) < 4.78 is 34.6. The number of aliphatic hydroxyl groups is 1. The number of hydrogen-bond donors (Lipinski definition) is 2. The van der Waals surface area contributed by atoms with Crippen LogP contribution in [0.1, 0.15) is 38.8 Å². The molecule has 4 heterocycles. The van der Waals surface area contributed by atoms with Crippen molar-refractivity contribution in [2.75, 3.05) is 19.0 Å². The van der Waals surface area contributed by atoms with Gasteiger partial charge in [-0.15, -0.1) is 0 Å². The molecule has 2 aliphatic heterocycles. The van der Waals surface area contributed by atoms with Crippen molar-refractivity contribution in [2.45, 2.75) is 61.9 Å². The highest BCUT2D eigenvalue weighted by atomic mass is 19.1. The average molecular weight is 379 g/mol. The van der Waals surface area contributed by atoms with Crippen LogP contribution < -0.4 is 5.73 Å². The molecule has 27 heavy (non-hydrogen) atoms. The van der Waals surface area contributed by atoms with E-state index in [2.05, 4.69) is 15.0 Å². The molecule has 0 bridgehead atoms. The van der Waals surface area contributed by atoms with E-state index in [1.54, 1.807) is 4.57 Å². The van der Waals surface area contributed by atoms with Crippen LogP contribution >= 0.6 is 0 Å². The topological polar surface area (TPSA) is 118 Å². The van der Waals surface area contributed by atoms with Gasteiger partial charge in [0.05, 0.1) is 12.9 Å². The molecule has 3 N–H and O–H groups in total. The average Bonchev–Trinajstić information content (AvgIpc) is 3.39. The molecule has 3 aliphatic rings. The van der Waals surface area contributed by atoms with Gasteiger partial charge in [-0.25, -0.2) is 19.3 Å². The highest BCUT2D eigenvalue weighted by molar-refractivity contribution is 5.81. The summed E-state index contributed by atoms with van der Waals surface area (Å²) in [5, 5.41) is 10.0. The van der Waals surface area contributed by atoms with Gasteiger partial charge in [-0.3, -0.25) is 4.57 Å². The first-order valence-electron chi connectivity index (χ1n) is 9.13. The summed E-state index contributed by atoms with van der Waals surface area (Å²) >= 11 is 0. The molecular weight excluding hydrogens is 357 g/mol. The number of anilines is 1. The highest BCUT2D eigenvalue weighted by Gasteiger charge is 2.72. The molecule has 10 heteroatoms. The summed E-state index contributed by atoms with van der Waals surface area (Å²) in [5.41, 5.74) is 4.23. The van der Waals surface area contributed by atoms with Crippen molar-refractivity contribution in [3.05, 3.63) is 12.7 Å². The second kappa shape index (κ2) is 5.57. The number of ether oxygens (including phenoxy) is 3. The smallest absolute Gasteiger partial charge is 0.170 e. The molecule has 0 amide bonds. The normalized spacial score (nSPS) is 37.4. The maximum Gasteiger partial charge on any atom is 0.170 e. The third-order valence-electron chi connectivity index (χ3n) is 6.07. The standard InChI is InChI=1S/C17H22FN5O4/c1-15-13(25-17(27-15)4-2-3-5-17)16(6-18,7-24)26-14(15)23-9-22-10-11(19)20-8-21-12(10)23/h8-9,13-14,24H,2-7H2,1H3,(H2,19,20,21)/t13-,14+,15+,16+/m0/s1. The van der Waals surface area contributed by atoms with E-state index in [9.17, 15) is 9.50 Å². The van der Waals surface area contributed by atoms with E-state index in [1.165, 1.54) is 12.7 Å². The van der Waals surface area contributed by atoms with E-state index in [0.717, 1.165) is 25.7 Å². The minimum Gasteiger partial charge on any atom is -0.393 e. The fraction of sp³-hybridized carbons (Fsp3) is 0.706. The quantitative estimate of drug-likeness (QED) is 0.814. The molecule has 5 rings (SSSR count). The van der Waals surface area contributed by atoms with Crippen molar-refractivity contribution < 1.29 is 23.7 Å². The van der Waals surface area contributed by atoms with Gasteiger partial charge in [0.15, 0.2) is 29.1 Å². The zero-order valence-electron chi connectivity index (χ0n) is 15.0. The lowest BCUT2D eigenvalue weighted by atomic mass is 9.88. The molecular formula is C17H22FN5O4. The number of aromatic nitrogens is 4. The van der Waals surface area contributed by atoms with E-state index < -0.39 is 42.6 Å². The Bertz CT molecular complexity index is 881. The van der Waals surface area contributed by atoms with Crippen LogP contribution in [0.2, 0.25) is 0 Å². The molecule has 4 atom stereocenters. The van der Waals surface area contributed by atoms with Crippen LogP contribution in [-0.4, -0.2) is 61.0 Å². The number of halogens is 1. The Morgan fingerprint density at radius 3 is 2.78 bits per heavy atom. The van der Waals surface area contributed by atoms with E-state index in [4.69, 9.17) is 19.9 Å². The first kappa shape index (κ1) is 17.2. The van der Waals surface area contributed by atoms with Crippen LogP contribution in [0.15, 0.2) is 12.7 Å². The molecule has 1 saturated carbocycles. The van der Waals surface area contributed by atoms with E-state index in [-0.39, 0.29) is 5.82 Å². The summed E-state index contributed by atoms with van der Waals surface area (Å²) in [4.78, 5) is 12.5. The first-order chi connectivity index (χ1) is 13.0. The second-order valence-corrected chi connectivity index (χ2v) is 7.81. The lowest BCUT2D eigenvalue weighted by molar-refractivity contribution is -0.252. The van der Waals surface area contributed by atoms with Crippen LogP contribution in [0.3, 0.4) is 0 Å². The maximum atomic E-state index is 14.1. The number of nitrogens with zero attached hydrogens (tertiary/aromatic N) is 4. The van der Waals surface area contributed by atoms with Gasteiger partial charge in [0.1, 0.15) is 30.2 Å². The van der Waals surface area contributed by atoms with Crippen LogP contribution in [0, 0.1) is 0 Å². The molecule has 3 fully saturated rings. The SMILES string of the molecule is C[C@@]12OC3(CCCC3)O[C@@H]1[C@](CO)(CF)O[C@H]2n1cnc2c(N)ncnc21. The summed E-state index contributed by atoms with van der Waals surface area (Å²) in [6.45, 7) is 0.408. The Morgan fingerprint density at radius 1 is 1.30 bits per heavy atom. The number of aliphatic hydroxyl groups excluding tert-OH is 1. The number of nitrogen functional groups attached to an aromatic ring is 1. The number of alkyl halides is 1. The lowest BCUT2D eigenvalue weighted by Crippen LogP contribution is -2.51. The van der Waals surface area contributed by atoms with Crippen molar-refractivity contribution in [2.24, 2.45) is 0 Å². The molecule has 1 aliphatic carbocycles. The fourth-order valence-corrected chi connectivity index (χ4v) is 4.79. The van der Waals surface area contributed by atoms with Gasteiger partial charge >= 0.3 is 0 Å². The number of hydrogen-bond acceptors (Lipinski definition) is 8. The minimum atomic E-state index is -1.51. The van der Waals surface area contributed by atoms with E-state index >= 15 is 0 Å². The van der Waals surface area contributed by atoms with Gasteiger partial charge in [0.25, 0.3) is 0 Å². The third-order valence-corrected chi connectivity index (χ3v) is 6.07. The van der Waals surface area contributed by atoms with Crippen LogP contribution in [0.4, 0.5) is 10.2 Å². The van der Waals surface area contributed by atoms with E-state index in [0.29, 0.717) is 11.2 Å². The molecule has 2 aromatic heterocycles. The van der Waals surface area contributed by atoms with Crippen molar-refractivity contribution in [1.29, 1.82) is 0 Å². The predicted molar refractivity (Wildman–Crippen MR) is 91.2 cm³/mol. The Balaban J connectivity index is 1.64.